The first kappa shape index (κ1) is 10.2. The van der Waals surface area contributed by atoms with Crippen molar-refractivity contribution in [1.82, 2.24) is 15.6 Å². The molecule has 1 aromatic carbocycles. The summed E-state index contributed by atoms with van der Waals surface area (Å²) in [5, 5.41) is 7.76. The standard InChI is InChI=1S/C12H17N3/c1-13-6-7-14-9-11-8-10-4-2-3-5-12(10)15-11/h2-5,8,13-15H,6-7,9H2,1H3. The average Bonchev–Trinajstić information content (AvgIpc) is 2.67. The fourth-order valence-electron chi connectivity index (χ4n) is 1.67. The predicted octanol–water partition coefficient (Wildman–Crippen LogP) is 1.48. The number of hydrogen-bond donors (Lipinski definition) is 3. The van der Waals surface area contributed by atoms with Crippen LogP contribution in [0.3, 0.4) is 0 Å². The first-order valence-corrected chi connectivity index (χ1v) is 5.32. The molecule has 0 amide bonds. The highest BCUT2D eigenvalue weighted by molar-refractivity contribution is 5.80. The molecule has 0 atom stereocenters. The van der Waals surface area contributed by atoms with E-state index in [-0.39, 0.29) is 0 Å². The molecule has 0 radical (unpaired) electrons. The number of H-pyrrole nitrogens is 1. The molecule has 0 aliphatic heterocycles. The van der Waals surface area contributed by atoms with E-state index in [0.717, 1.165) is 19.6 Å². The van der Waals surface area contributed by atoms with Crippen LogP contribution in [-0.2, 0) is 6.54 Å². The SMILES string of the molecule is CNCCNCc1cc2ccccc2[nH]1. The molecule has 0 fully saturated rings. The van der Waals surface area contributed by atoms with E-state index in [1.807, 2.05) is 7.05 Å². The zero-order valence-electron chi connectivity index (χ0n) is 9.01. The molecule has 1 aromatic heterocycles. The molecule has 3 heteroatoms. The molecule has 0 saturated heterocycles. The van der Waals surface area contributed by atoms with Crippen molar-refractivity contribution in [3.8, 4) is 0 Å². The van der Waals surface area contributed by atoms with Gasteiger partial charge in [0.15, 0.2) is 0 Å². The lowest BCUT2D eigenvalue weighted by Crippen LogP contribution is -2.24. The van der Waals surface area contributed by atoms with Crippen LogP contribution in [0.4, 0.5) is 0 Å². The summed E-state index contributed by atoms with van der Waals surface area (Å²) >= 11 is 0. The van der Waals surface area contributed by atoms with Gasteiger partial charge >= 0.3 is 0 Å². The first-order valence-electron chi connectivity index (χ1n) is 5.32. The highest BCUT2D eigenvalue weighted by Crippen LogP contribution is 2.13. The number of aromatic nitrogens is 1. The Morgan fingerprint density at radius 3 is 2.87 bits per heavy atom. The lowest BCUT2D eigenvalue weighted by atomic mass is 10.2. The van der Waals surface area contributed by atoms with Crippen molar-refractivity contribution in [3.63, 3.8) is 0 Å². The van der Waals surface area contributed by atoms with E-state index in [4.69, 9.17) is 0 Å². The van der Waals surface area contributed by atoms with E-state index in [0.29, 0.717) is 0 Å². The maximum absolute atomic E-state index is 3.39. The molecule has 0 spiro atoms. The van der Waals surface area contributed by atoms with Gasteiger partial charge < -0.3 is 15.6 Å². The average molecular weight is 203 g/mol. The number of para-hydroxylation sites is 1. The van der Waals surface area contributed by atoms with Crippen LogP contribution in [0.2, 0.25) is 0 Å². The van der Waals surface area contributed by atoms with Gasteiger partial charge in [0.05, 0.1) is 0 Å². The maximum atomic E-state index is 3.39. The van der Waals surface area contributed by atoms with Crippen molar-refractivity contribution in [1.29, 1.82) is 0 Å². The number of rotatable bonds is 5. The number of benzene rings is 1. The van der Waals surface area contributed by atoms with E-state index in [1.54, 1.807) is 0 Å². The monoisotopic (exact) mass is 203 g/mol. The van der Waals surface area contributed by atoms with Crippen molar-refractivity contribution in [2.45, 2.75) is 6.54 Å². The van der Waals surface area contributed by atoms with Gasteiger partial charge in [0.25, 0.3) is 0 Å². The fraction of sp³-hybridized carbons (Fsp3) is 0.333. The second-order valence-corrected chi connectivity index (χ2v) is 3.66. The van der Waals surface area contributed by atoms with Gasteiger partial charge in [-0.2, -0.15) is 0 Å². The Labute approximate surface area is 89.9 Å². The van der Waals surface area contributed by atoms with Crippen LogP contribution < -0.4 is 10.6 Å². The minimum atomic E-state index is 0.899. The number of aromatic amines is 1. The Kier molecular flexibility index (Phi) is 3.37. The fourth-order valence-corrected chi connectivity index (χ4v) is 1.67. The third-order valence-electron chi connectivity index (χ3n) is 2.45. The van der Waals surface area contributed by atoms with Crippen molar-refractivity contribution < 1.29 is 0 Å². The minimum absolute atomic E-state index is 0.899. The van der Waals surface area contributed by atoms with E-state index in [2.05, 4.69) is 45.9 Å². The summed E-state index contributed by atoms with van der Waals surface area (Å²) in [4.78, 5) is 3.39. The number of hydrogen-bond acceptors (Lipinski definition) is 2. The van der Waals surface area contributed by atoms with E-state index in [9.17, 15) is 0 Å². The second kappa shape index (κ2) is 4.96. The molecule has 2 aromatic rings. The lowest BCUT2D eigenvalue weighted by Gasteiger charge is -2.01. The summed E-state index contributed by atoms with van der Waals surface area (Å²) < 4.78 is 0. The summed E-state index contributed by atoms with van der Waals surface area (Å²) in [5.74, 6) is 0. The van der Waals surface area contributed by atoms with Gasteiger partial charge in [0.2, 0.25) is 0 Å². The molecule has 0 saturated carbocycles. The summed E-state index contributed by atoms with van der Waals surface area (Å²) in [6, 6.07) is 10.5. The Morgan fingerprint density at radius 2 is 2.07 bits per heavy atom. The molecule has 15 heavy (non-hydrogen) atoms. The topological polar surface area (TPSA) is 39.8 Å². The van der Waals surface area contributed by atoms with Gasteiger partial charge in [-0.1, -0.05) is 18.2 Å². The number of nitrogens with one attached hydrogen (secondary N) is 3. The van der Waals surface area contributed by atoms with Gasteiger partial charge in [-0.25, -0.2) is 0 Å². The Bertz CT molecular complexity index is 386. The van der Waals surface area contributed by atoms with E-state index >= 15 is 0 Å². The molecule has 2 rings (SSSR count). The van der Waals surface area contributed by atoms with E-state index in [1.165, 1.54) is 16.6 Å². The minimum Gasteiger partial charge on any atom is -0.357 e. The zero-order valence-corrected chi connectivity index (χ0v) is 9.01. The molecule has 3 N–H and O–H groups in total. The van der Waals surface area contributed by atoms with Crippen molar-refractivity contribution in [2.75, 3.05) is 20.1 Å². The Hall–Kier alpha value is -1.32. The third-order valence-corrected chi connectivity index (χ3v) is 2.45. The van der Waals surface area contributed by atoms with Crippen molar-refractivity contribution in [2.24, 2.45) is 0 Å². The quantitative estimate of drug-likeness (QED) is 0.644. The Morgan fingerprint density at radius 1 is 1.20 bits per heavy atom. The molecular formula is C12H17N3. The number of likely N-dealkylation sites (N-methyl/N-ethyl adjacent to an activating group) is 1. The molecule has 0 aliphatic rings. The predicted molar refractivity (Wildman–Crippen MR) is 63.9 cm³/mol. The summed E-state index contributed by atoms with van der Waals surface area (Å²) in [6.07, 6.45) is 0. The van der Waals surface area contributed by atoms with Crippen molar-refractivity contribution >= 4 is 10.9 Å². The summed E-state index contributed by atoms with van der Waals surface area (Å²) in [5.41, 5.74) is 2.45. The molecule has 0 bridgehead atoms. The first-order chi connectivity index (χ1) is 7.40. The highest BCUT2D eigenvalue weighted by Gasteiger charge is 1.98. The van der Waals surface area contributed by atoms with Crippen LogP contribution >= 0.6 is 0 Å². The highest BCUT2D eigenvalue weighted by atomic mass is 14.9. The largest absolute Gasteiger partial charge is 0.357 e. The third kappa shape index (κ3) is 2.58. The van der Waals surface area contributed by atoms with E-state index < -0.39 is 0 Å². The summed E-state index contributed by atoms with van der Waals surface area (Å²) in [7, 11) is 1.96. The van der Waals surface area contributed by atoms with Gasteiger partial charge in [-0.05, 0) is 24.6 Å². The molecular weight excluding hydrogens is 186 g/mol. The van der Waals surface area contributed by atoms with Crippen LogP contribution in [0, 0.1) is 0 Å². The molecule has 80 valence electrons. The van der Waals surface area contributed by atoms with Gasteiger partial charge in [-0.15, -0.1) is 0 Å². The van der Waals surface area contributed by atoms with Crippen LogP contribution in [0.1, 0.15) is 5.69 Å². The smallest absolute Gasteiger partial charge is 0.0456 e. The lowest BCUT2D eigenvalue weighted by molar-refractivity contribution is 0.645. The van der Waals surface area contributed by atoms with Gasteiger partial charge in [0.1, 0.15) is 0 Å². The van der Waals surface area contributed by atoms with Crippen LogP contribution in [0.5, 0.6) is 0 Å². The van der Waals surface area contributed by atoms with Gasteiger partial charge in [0, 0.05) is 30.8 Å². The van der Waals surface area contributed by atoms with Crippen molar-refractivity contribution in [3.05, 3.63) is 36.0 Å². The molecule has 0 aliphatic carbocycles. The summed E-state index contributed by atoms with van der Waals surface area (Å²) in [6.45, 7) is 2.89. The van der Waals surface area contributed by atoms with Crippen LogP contribution in [0.15, 0.2) is 30.3 Å². The molecule has 1 heterocycles. The van der Waals surface area contributed by atoms with Gasteiger partial charge in [-0.3, -0.25) is 0 Å². The molecule has 0 unspecified atom stereocenters. The second-order valence-electron chi connectivity index (χ2n) is 3.66. The molecule has 3 nitrogen and oxygen atoms in total. The van der Waals surface area contributed by atoms with Crippen LogP contribution in [0.25, 0.3) is 10.9 Å². The van der Waals surface area contributed by atoms with Crippen LogP contribution in [-0.4, -0.2) is 25.1 Å². The maximum Gasteiger partial charge on any atom is 0.0456 e. The zero-order chi connectivity index (χ0) is 10.5. The normalized spacial score (nSPS) is 11.0. The Balaban J connectivity index is 1.97. The number of fused-ring (bicyclic) bond motifs is 1.